The number of nitrogens with one attached hydrogen (secondary N) is 1. The monoisotopic (exact) mass is 405 g/mol. The fourth-order valence-electron chi connectivity index (χ4n) is 2.53. The molecule has 1 amide bonds. The van der Waals surface area contributed by atoms with Crippen LogP contribution in [-0.4, -0.2) is 22.3 Å². The van der Waals surface area contributed by atoms with Gasteiger partial charge in [-0.3, -0.25) is 4.79 Å². The average Bonchev–Trinajstić information content (AvgIpc) is 3.20. The van der Waals surface area contributed by atoms with Crippen molar-refractivity contribution in [2.75, 3.05) is 5.32 Å². The molecule has 0 fully saturated rings. The van der Waals surface area contributed by atoms with E-state index in [1.165, 1.54) is 30.0 Å². The lowest BCUT2D eigenvalue weighted by Crippen LogP contribution is -2.25. The summed E-state index contributed by atoms with van der Waals surface area (Å²) in [7, 11) is 0. The van der Waals surface area contributed by atoms with Crippen molar-refractivity contribution in [2.24, 2.45) is 0 Å². The predicted octanol–water partition coefficient (Wildman–Crippen LogP) is 4.24. The van der Waals surface area contributed by atoms with E-state index in [1.807, 2.05) is 0 Å². The lowest BCUT2D eigenvalue weighted by molar-refractivity contribution is -0.286. The van der Waals surface area contributed by atoms with Gasteiger partial charge in [0.05, 0.1) is 11.3 Å². The van der Waals surface area contributed by atoms with Crippen LogP contribution in [0.5, 0.6) is 11.5 Å². The van der Waals surface area contributed by atoms with E-state index in [4.69, 9.17) is 4.52 Å². The van der Waals surface area contributed by atoms with Gasteiger partial charge in [-0.2, -0.15) is 0 Å². The summed E-state index contributed by atoms with van der Waals surface area (Å²) in [4.78, 5) is 16.9. The molecule has 0 aliphatic carbocycles. The maximum absolute atomic E-state index is 13.1. The number of alkyl halides is 2. The van der Waals surface area contributed by atoms with Crippen LogP contribution >= 0.6 is 11.8 Å². The lowest BCUT2D eigenvalue weighted by atomic mass is 10.2. The Kier molecular flexibility index (Phi) is 4.63. The number of aryl methyl sites for hydroxylation is 1. The number of amides is 1. The number of carbonyl (C=O) groups is 1. The van der Waals surface area contributed by atoms with E-state index in [-0.39, 0.29) is 17.2 Å². The molecular weight excluding hydrogens is 392 g/mol. The molecule has 0 spiro atoms. The minimum absolute atomic E-state index is 0.0940. The molecule has 28 heavy (non-hydrogen) atoms. The zero-order valence-corrected chi connectivity index (χ0v) is 15.3. The molecule has 0 saturated heterocycles. The second kappa shape index (κ2) is 7.12. The number of rotatable bonds is 5. The number of hydrogen-bond donors (Lipinski definition) is 1. The Bertz CT molecular complexity index is 1040. The largest absolute Gasteiger partial charge is 0.586 e. The van der Waals surface area contributed by atoms with Gasteiger partial charge in [0.1, 0.15) is 10.8 Å². The van der Waals surface area contributed by atoms with E-state index in [0.717, 1.165) is 5.69 Å². The van der Waals surface area contributed by atoms with Gasteiger partial charge in [0.15, 0.2) is 11.5 Å². The third kappa shape index (κ3) is 3.91. The normalized spacial score (nSPS) is 14.1. The third-order valence-corrected chi connectivity index (χ3v) is 4.75. The molecule has 1 aliphatic rings. The first-order valence-electron chi connectivity index (χ1n) is 8.11. The minimum Gasteiger partial charge on any atom is -0.395 e. The standard InChI is InChI=1S/C18H13F2N3O4S/c1-10-7-12(23-27-10)9-28-17-13(3-2-6-21-17)16(24)22-11-4-5-14-15(8-11)26-18(19,20)25-14/h2-8H,9H2,1H3,(H,22,24). The summed E-state index contributed by atoms with van der Waals surface area (Å²) in [5.41, 5.74) is 1.36. The van der Waals surface area contributed by atoms with Gasteiger partial charge in [-0.15, -0.1) is 8.78 Å². The minimum atomic E-state index is -3.71. The van der Waals surface area contributed by atoms with E-state index >= 15 is 0 Å². The van der Waals surface area contributed by atoms with E-state index in [9.17, 15) is 13.6 Å². The molecule has 10 heteroatoms. The van der Waals surface area contributed by atoms with E-state index < -0.39 is 12.2 Å². The van der Waals surface area contributed by atoms with Crippen molar-refractivity contribution in [2.45, 2.75) is 24.0 Å². The Morgan fingerprint density at radius 1 is 1.21 bits per heavy atom. The quantitative estimate of drug-likeness (QED) is 0.635. The number of ether oxygens (including phenoxy) is 2. The zero-order chi connectivity index (χ0) is 19.7. The molecule has 0 saturated carbocycles. The summed E-state index contributed by atoms with van der Waals surface area (Å²) >= 11 is 1.33. The molecule has 0 atom stereocenters. The van der Waals surface area contributed by atoms with Crippen molar-refractivity contribution < 1.29 is 27.6 Å². The number of nitrogens with zero attached hydrogens (tertiary/aromatic N) is 2. The summed E-state index contributed by atoms with van der Waals surface area (Å²) < 4.78 is 40.0. The number of anilines is 1. The molecule has 1 aromatic carbocycles. The number of benzene rings is 1. The molecule has 7 nitrogen and oxygen atoms in total. The number of carbonyl (C=O) groups excluding carboxylic acids is 1. The molecule has 0 bridgehead atoms. The van der Waals surface area contributed by atoms with Crippen LogP contribution in [0.3, 0.4) is 0 Å². The molecule has 0 radical (unpaired) electrons. The molecule has 3 heterocycles. The first-order chi connectivity index (χ1) is 13.4. The van der Waals surface area contributed by atoms with Crippen LogP contribution in [0.1, 0.15) is 21.8 Å². The van der Waals surface area contributed by atoms with Gasteiger partial charge in [0.25, 0.3) is 5.91 Å². The second-order valence-corrected chi connectivity index (χ2v) is 6.82. The Labute approximate surface area is 162 Å². The van der Waals surface area contributed by atoms with E-state index in [0.29, 0.717) is 22.1 Å². The van der Waals surface area contributed by atoms with Crippen molar-refractivity contribution >= 4 is 23.4 Å². The van der Waals surface area contributed by atoms with E-state index in [2.05, 4.69) is 24.9 Å². The van der Waals surface area contributed by atoms with Crippen LogP contribution in [0, 0.1) is 6.92 Å². The topological polar surface area (TPSA) is 86.5 Å². The van der Waals surface area contributed by atoms with Crippen LogP contribution < -0.4 is 14.8 Å². The highest BCUT2D eigenvalue weighted by Gasteiger charge is 2.43. The highest BCUT2D eigenvalue weighted by Crippen LogP contribution is 2.42. The second-order valence-electron chi connectivity index (χ2n) is 5.86. The Balaban J connectivity index is 1.48. The van der Waals surface area contributed by atoms with Gasteiger partial charge in [-0.25, -0.2) is 4.98 Å². The summed E-state index contributed by atoms with van der Waals surface area (Å²) in [6.45, 7) is 1.79. The van der Waals surface area contributed by atoms with Gasteiger partial charge in [-0.05, 0) is 31.2 Å². The Hall–Kier alpha value is -3.14. The van der Waals surface area contributed by atoms with Crippen LogP contribution in [0.15, 0.2) is 52.1 Å². The third-order valence-electron chi connectivity index (χ3n) is 3.71. The van der Waals surface area contributed by atoms with Gasteiger partial charge in [0, 0.05) is 29.8 Å². The van der Waals surface area contributed by atoms with Crippen LogP contribution in [0.2, 0.25) is 0 Å². The average molecular weight is 405 g/mol. The highest BCUT2D eigenvalue weighted by atomic mass is 32.2. The SMILES string of the molecule is Cc1cc(CSc2ncccc2C(=O)Nc2ccc3c(c2)OC(F)(F)O3)no1. The highest BCUT2D eigenvalue weighted by molar-refractivity contribution is 7.98. The van der Waals surface area contributed by atoms with Crippen molar-refractivity contribution in [3.8, 4) is 11.5 Å². The van der Waals surface area contributed by atoms with Gasteiger partial charge in [0.2, 0.25) is 0 Å². The van der Waals surface area contributed by atoms with Gasteiger partial charge < -0.3 is 19.3 Å². The smallest absolute Gasteiger partial charge is 0.395 e. The number of halogens is 2. The Morgan fingerprint density at radius 2 is 2.04 bits per heavy atom. The summed E-state index contributed by atoms with van der Waals surface area (Å²) in [6, 6.07) is 9.09. The van der Waals surface area contributed by atoms with Crippen LogP contribution in [0.4, 0.5) is 14.5 Å². The lowest BCUT2D eigenvalue weighted by Gasteiger charge is -2.09. The van der Waals surface area contributed by atoms with Crippen LogP contribution in [0.25, 0.3) is 0 Å². The fourth-order valence-corrected chi connectivity index (χ4v) is 3.40. The van der Waals surface area contributed by atoms with Crippen LogP contribution in [-0.2, 0) is 5.75 Å². The van der Waals surface area contributed by atoms with Crippen molar-refractivity contribution in [1.82, 2.24) is 10.1 Å². The van der Waals surface area contributed by atoms with Crippen molar-refractivity contribution in [3.63, 3.8) is 0 Å². The Morgan fingerprint density at radius 3 is 2.82 bits per heavy atom. The molecule has 144 valence electrons. The van der Waals surface area contributed by atoms with Crippen molar-refractivity contribution in [1.29, 1.82) is 0 Å². The molecule has 3 aromatic rings. The molecule has 0 unspecified atom stereocenters. The predicted molar refractivity (Wildman–Crippen MR) is 95.6 cm³/mol. The number of hydrogen-bond acceptors (Lipinski definition) is 7. The molecule has 1 aliphatic heterocycles. The first-order valence-corrected chi connectivity index (χ1v) is 9.09. The number of fused-ring (bicyclic) bond motifs is 1. The zero-order valence-electron chi connectivity index (χ0n) is 14.4. The fraction of sp³-hybridized carbons (Fsp3) is 0.167. The maximum Gasteiger partial charge on any atom is 0.586 e. The molecule has 4 rings (SSSR count). The maximum atomic E-state index is 13.1. The number of thioether (sulfide) groups is 1. The van der Waals surface area contributed by atoms with Gasteiger partial charge in [-0.1, -0.05) is 16.9 Å². The summed E-state index contributed by atoms with van der Waals surface area (Å²) in [5, 5.41) is 7.07. The first kappa shape index (κ1) is 18.2. The molecular formula is C18H13F2N3O4S. The molecule has 2 aromatic heterocycles. The number of pyridine rings is 1. The van der Waals surface area contributed by atoms with Gasteiger partial charge >= 0.3 is 6.29 Å². The van der Waals surface area contributed by atoms with E-state index in [1.54, 1.807) is 31.3 Å². The molecule has 1 N–H and O–H groups in total. The van der Waals surface area contributed by atoms with Crippen molar-refractivity contribution in [3.05, 3.63) is 59.6 Å². The summed E-state index contributed by atoms with van der Waals surface area (Å²) in [5.74, 6) is 0.502. The number of aromatic nitrogens is 2. The summed E-state index contributed by atoms with van der Waals surface area (Å²) in [6.07, 6.45) is -2.13.